The lowest BCUT2D eigenvalue weighted by atomic mass is 10.0. The molecule has 1 aliphatic heterocycles. The fourth-order valence-electron chi connectivity index (χ4n) is 1.67. The second-order valence-corrected chi connectivity index (χ2v) is 5.05. The number of hydrogen-bond acceptors (Lipinski definition) is 3. The number of benzene rings is 1. The van der Waals surface area contributed by atoms with Gasteiger partial charge < -0.3 is 15.2 Å². The van der Waals surface area contributed by atoms with Crippen molar-refractivity contribution in [2.45, 2.75) is 32.0 Å². The Bertz CT molecular complexity index is 567. The van der Waals surface area contributed by atoms with E-state index in [0.29, 0.717) is 18.7 Å². The number of aryl methyl sites for hydroxylation is 1. The number of carbonyl (C=O) groups is 1. The van der Waals surface area contributed by atoms with Gasteiger partial charge in [-0.05, 0) is 18.6 Å². The van der Waals surface area contributed by atoms with Crippen molar-refractivity contribution in [3.8, 4) is 0 Å². The van der Waals surface area contributed by atoms with E-state index < -0.39 is 23.9 Å². The Morgan fingerprint density at radius 3 is 2.17 bits per heavy atom. The van der Waals surface area contributed by atoms with Gasteiger partial charge in [-0.1, -0.05) is 17.7 Å². The zero-order chi connectivity index (χ0) is 18.5. The first-order valence-electron chi connectivity index (χ1n) is 6.70. The smallest absolute Gasteiger partial charge is 0.475 e. The van der Waals surface area contributed by atoms with Crippen LogP contribution >= 0.6 is 0 Å². The summed E-state index contributed by atoms with van der Waals surface area (Å²) in [6.07, 6.45) is -9.36. The van der Waals surface area contributed by atoms with Crippen molar-refractivity contribution in [2.24, 2.45) is 0 Å². The molecule has 0 unspecified atom stereocenters. The van der Waals surface area contributed by atoms with E-state index >= 15 is 0 Å². The summed E-state index contributed by atoms with van der Waals surface area (Å²) in [7, 11) is 0. The van der Waals surface area contributed by atoms with Crippen molar-refractivity contribution >= 4 is 5.97 Å². The van der Waals surface area contributed by atoms with Crippen molar-refractivity contribution in [2.75, 3.05) is 13.1 Å². The molecule has 136 valence electrons. The first-order valence-corrected chi connectivity index (χ1v) is 6.70. The maximum absolute atomic E-state index is 12.8. The maximum atomic E-state index is 12.8. The van der Waals surface area contributed by atoms with Crippen LogP contribution in [0.2, 0.25) is 0 Å². The molecule has 10 heteroatoms. The van der Waals surface area contributed by atoms with E-state index in [9.17, 15) is 26.3 Å². The summed E-state index contributed by atoms with van der Waals surface area (Å²) < 4.78 is 75.5. The van der Waals surface area contributed by atoms with Crippen molar-refractivity contribution < 1.29 is 41.0 Å². The molecule has 0 spiro atoms. The Labute approximate surface area is 133 Å². The summed E-state index contributed by atoms with van der Waals surface area (Å²) >= 11 is 0. The van der Waals surface area contributed by atoms with Gasteiger partial charge in [0, 0.05) is 13.1 Å². The van der Waals surface area contributed by atoms with Gasteiger partial charge in [0.1, 0.15) is 0 Å². The minimum absolute atomic E-state index is 0.0153. The zero-order valence-corrected chi connectivity index (χ0v) is 12.5. The van der Waals surface area contributed by atoms with Crippen LogP contribution in [-0.4, -0.2) is 36.4 Å². The molecule has 1 aromatic carbocycles. The molecule has 1 fully saturated rings. The molecule has 1 aromatic rings. The first-order chi connectivity index (χ1) is 10.9. The molecule has 2 rings (SSSR count). The second-order valence-electron chi connectivity index (χ2n) is 5.05. The molecule has 0 amide bonds. The van der Waals surface area contributed by atoms with Crippen molar-refractivity contribution in [1.82, 2.24) is 5.32 Å². The van der Waals surface area contributed by atoms with Gasteiger partial charge in [-0.15, -0.1) is 0 Å². The van der Waals surface area contributed by atoms with Gasteiger partial charge in [0.15, 0.2) is 0 Å². The molecule has 2 N–H and O–H groups in total. The SMILES string of the molecule is Cc1ccc(COC2CNC2)c(C(F)(F)F)c1.O=C(O)C(F)(F)F. The standard InChI is InChI=1S/C12H14F3NO.C2HF3O2/c1-8-2-3-9(7-17-10-5-16-6-10)11(4-8)12(13,14)15;3-2(4,5)1(6)7/h2-4,10,16H,5-7H2,1H3;(H,6,7). The minimum Gasteiger partial charge on any atom is -0.475 e. The highest BCUT2D eigenvalue weighted by Crippen LogP contribution is 2.33. The molecule has 0 radical (unpaired) electrons. The van der Waals surface area contributed by atoms with E-state index in [0.717, 1.165) is 6.07 Å². The Balaban J connectivity index is 0.000000351. The molecule has 0 bridgehead atoms. The van der Waals surface area contributed by atoms with Crippen LogP contribution in [0.3, 0.4) is 0 Å². The Morgan fingerprint density at radius 2 is 1.79 bits per heavy atom. The van der Waals surface area contributed by atoms with Gasteiger partial charge in [-0.2, -0.15) is 26.3 Å². The Hall–Kier alpha value is -1.81. The molecule has 0 aliphatic carbocycles. The van der Waals surface area contributed by atoms with E-state index in [2.05, 4.69) is 5.32 Å². The highest BCUT2D eigenvalue weighted by Gasteiger charge is 2.38. The average molecular weight is 359 g/mol. The quantitative estimate of drug-likeness (QED) is 0.815. The third-order valence-corrected chi connectivity index (χ3v) is 3.03. The topological polar surface area (TPSA) is 58.6 Å². The number of carboxylic acids is 1. The molecule has 1 heterocycles. The van der Waals surface area contributed by atoms with Gasteiger partial charge >= 0.3 is 18.3 Å². The third-order valence-electron chi connectivity index (χ3n) is 3.03. The number of nitrogens with one attached hydrogen (secondary N) is 1. The average Bonchev–Trinajstić information content (AvgIpc) is 2.37. The highest BCUT2D eigenvalue weighted by atomic mass is 19.4. The molecule has 0 saturated carbocycles. The number of alkyl halides is 6. The lowest BCUT2D eigenvalue weighted by Gasteiger charge is -2.27. The van der Waals surface area contributed by atoms with E-state index in [1.807, 2.05) is 0 Å². The van der Waals surface area contributed by atoms with Crippen LogP contribution in [-0.2, 0) is 22.3 Å². The van der Waals surface area contributed by atoms with Crippen LogP contribution in [0.15, 0.2) is 18.2 Å². The van der Waals surface area contributed by atoms with Crippen molar-refractivity contribution in [3.05, 3.63) is 34.9 Å². The number of aliphatic carboxylic acids is 1. The van der Waals surface area contributed by atoms with Crippen molar-refractivity contribution in [1.29, 1.82) is 0 Å². The van der Waals surface area contributed by atoms with Crippen LogP contribution in [0.1, 0.15) is 16.7 Å². The van der Waals surface area contributed by atoms with Gasteiger partial charge in [-0.3, -0.25) is 0 Å². The molecule has 1 aliphatic rings. The molecular weight excluding hydrogens is 344 g/mol. The normalized spacial score (nSPS) is 15.3. The fourth-order valence-corrected chi connectivity index (χ4v) is 1.67. The monoisotopic (exact) mass is 359 g/mol. The molecule has 4 nitrogen and oxygen atoms in total. The van der Waals surface area contributed by atoms with E-state index in [4.69, 9.17) is 14.6 Å². The number of hydrogen-bond donors (Lipinski definition) is 2. The predicted molar refractivity (Wildman–Crippen MR) is 71.3 cm³/mol. The summed E-state index contributed by atoms with van der Waals surface area (Å²) in [6.45, 7) is 3.09. The van der Waals surface area contributed by atoms with E-state index in [-0.39, 0.29) is 18.3 Å². The highest BCUT2D eigenvalue weighted by molar-refractivity contribution is 5.73. The first kappa shape index (κ1) is 20.2. The van der Waals surface area contributed by atoms with Gasteiger partial charge in [-0.25, -0.2) is 4.79 Å². The van der Waals surface area contributed by atoms with Crippen LogP contribution in [0.4, 0.5) is 26.3 Å². The maximum Gasteiger partial charge on any atom is 0.490 e. The summed E-state index contributed by atoms with van der Waals surface area (Å²) in [5.41, 5.74) is 0.214. The summed E-state index contributed by atoms with van der Waals surface area (Å²) in [4.78, 5) is 8.90. The fraction of sp³-hybridized carbons (Fsp3) is 0.500. The van der Waals surface area contributed by atoms with Gasteiger partial charge in [0.05, 0.1) is 18.3 Å². The summed E-state index contributed by atoms with van der Waals surface area (Å²) in [5, 5.41) is 10.1. The second kappa shape index (κ2) is 7.84. The van der Waals surface area contributed by atoms with E-state index in [1.165, 1.54) is 6.07 Å². The number of rotatable bonds is 3. The van der Waals surface area contributed by atoms with Crippen LogP contribution in [0, 0.1) is 6.92 Å². The van der Waals surface area contributed by atoms with Gasteiger partial charge in [0.25, 0.3) is 0 Å². The number of ether oxygens (including phenoxy) is 1. The summed E-state index contributed by atoms with van der Waals surface area (Å²) in [6, 6.07) is 4.33. The number of halogens is 6. The molecule has 0 atom stereocenters. The molecular formula is C14H15F6NO3. The summed E-state index contributed by atoms with van der Waals surface area (Å²) in [5.74, 6) is -2.76. The number of carboxylic acid groups (broad SMARTS) is 1. The molecule has 1 saturated heterocycles. The third kappa shape index (κ3) is 6.36. The van der Waals surface area contributed by atoms with Crippen molar-refractivity contribution in [3.63, 3.8) is 0 Å². The van der Waals surface area contributed by atoms with E-state index in [1.54, 1.807) is 13.0 Å². The van der Waals surface area contributed by atoms with Gasteiger partial charge in [0.2, 0.25) is 0 Å². The lowest BCUT2D eigenvalue weighted by molar-refractivity contribution is -0.192. The Kier molecular flexibility index (Phi) is 6.61. The van der Waals surface area contributed by atoms with Crippen LogP contribution < -0.4 is 5.32 Å². The Morgan fingerprint density at radius 1 is 1.25 bits per heavy atom. The minimum atomic E-state index is -5.08. The zero-order valence-electron chi connectivity index (χ0n) is 12.5. The molecule has 0 aromatic heterocycles. The van der Waals surface area contributed by atoms with Crippen LogP contribution in [0.25, 0.3) is 0 Å². The van der Waals surface area contributed by atoms with Crippen LogP contribution in [0.5, 0.6) is 0 Å². The lowest BCUT2D eigenvalue weighted by Crippen LogP contribution is -2.48. The largest absolute Gasteiger partial charge is 0.490 e. The predicted octanol–water partition coefficient (Wildman–Crippen LogP) is 3.14. The molecule has 24 heavy (non-hydrogen) atoms.